The summed E-state index contributed by atoms with van der Waals surface area (Å²) >= 11 is 6.09. The van der Waals surface area contributed by atoms with Crippen molar-refractivity contribution in [3.63, 3.8) is 0 Å². The van der Waals surface area contributed by atoms with Gasteiger partial charge in [0.05, 0.1) is 5.71 Å². The lowest BCUT2D eigenvalue weighted by Gasteiger charge is -2.31. The van der Waals surface area contributed by atoms with Gasteiger partial charge in [0.25, 0.3) is 0 Å². The van der Waals surface area contributed by atoms with E-state index in [1.165, 1.54) is 0 Å². The molecular formula is C16H13ClN2O2. The number of carbonyl (C=O) groups is 1. The molecule has 3 rings (SSSR count). The highest BCUT2D eigenvalue weighted by atomic mass is 35.5. The van der Waals surface area contributed by atoms with E-state index in [4.69, 9.17) is 11.6 Å². The number of fused-ring (bicyclic) bond motifs is 1. The van der Waals surface area contributed by atoms with Gasteiger partial charge in [-0.25, -0.2) is 9.79 Å². The van der Waals surface area contributed by atoms with Gasteiger partial charge < -0.3 is 10.0 Å². The highest BCUT2D eigenvalue weighted by Crippen LogP contribution is 2.31. The molecule has 0 amide bonds. The molecule has 0 spiro atoms. The van der Waals surface area contributed by atoms with Gasteiger partial charge in [-0.05, 0) is 18.2 Å². The Hall–Kier alpha value is -2.33. The van der Waals surface area contributed by atoms with Crippen LogP contribution in [0, 0.1) is 0 Å². The van der Waals surface area contributed by atoms with Gasteiger partial charge >= 0.3 is 5.97 Å². The fraction of sp³-hybridized carbons (Fsp3) is 0.125. The molecule has 0 aliphatic carbocycles. The fourth-order valence-electron chi connectivity index (χ4n) is 2.46. The maximum Gasteiger partial charge on any atom is 0.349 e. The van der Waals surface area contributed by atoms with E-state index < -0.39 is 12.1 Å². The molecule has 2 aromatic carbocycles. The SMILES string of the molecule is CN1c2ccc(Cl)cc2C(c2ccccc2)=NC1C(=O)O. The van der Waals surface area contributed by atoms with E-state index in [-0.39, 0.29) is 0 Å². The van der Waals surface area contributed by atoms with E-state index >= 15 is 0 Å². The number of likely N-dealkylation sites (N-methyl/N-ethyl adjacent to an activating group) is 1. The lowest BCUT2D eigenvalue weighted by Crippen LogP contribution is -2.41. The van der Waals surface area contributed by atoms with Crippen molar-refractivity contribution in [2.75, 3.05) is 11.9 Å². The lowest BCUT2D eigenvalue weighted by atomic mass is 9.98. The Kier molecular flexibility index (Phi) is 3.39. The maximum atomic E-state index is 11.4. The zero-order valence-electron chi connectivity index (χ0n) is 11.3. The molecule has 0 bridgehead atoms. The smallest absolute Gasteiger partial charge is 0.349 e. The third kappa shape index (κ3) is 2.38. The first-order valence-electron chi connectivity index (χ1n) is 6.46. The molecule has 2 aromatic rings. The van der Waals surface area contributed by atoms with Gasteiger partial charge in [0, 0.05) is 28.9 Å². The molecular weight excluding hydrogens is 288 g/mol. The van der Waals surface area contributed by atoms with E-state index in [2.05, 4.69) is 4.99 Å². The molecule has 0 aromatic heterocycles. The summed E-state index contributed by atoms with van der Waals surface area (Å²) in [5, 5.41) is 9.98. The molecule has 21 heavy (non-hydrogen) atoms. The Labute approximate surface area is 127 Å². The second-order valence-electron chi connectivity index (χ2n) is 4.83. The summed E-state index contributed by atoms with van der Waals surface area (Å²) in [6.07, 6.45) is -0.936. The number of aliphatic carboxylic acids is 1. The number of carboxylic acids is 1. The summed E-state index contributed by atoms with van der Waals surface area (Å²) in [5.41, 5.74) is 3.17. The summed E-state index contributed by atoms with van der Waals surface area (Å²) in [6, 6.07) is 14.9. The van der Waals surface area contributed by atoms with Crippen LogP contribution in [0.3, 0.4) is 0 Å². The Morgan fingerprint density at radius 2 is 1.95 bits per heavy atom. The highest BCUT2D eigenvalue weighted by Gasteiger charge is 2.30. The van der Waals surface area contributed by atoms with Crippen molar-refractivity contribution < 1.29 is 9.90 Å². The molecule has 0 saturated heterocycles. The third-order valence-corrected chi connectivity index (χ3v) is 3.72. The van der Waals surface area contributed by atoms with Crippen LogP contribution in [0.1, 0.15) is 11.1 Å². The van der Waals surface area contributed by atoms with Crippen molar-refractivity contribution in [3.05, 3.63) is 64.7 Å². The molecule has 0 fully saturated rings. The minimum absolute atomic E-state index is 0.597. The predicted octanol–water partition coefficient (Wildman–Crippen LogP) is 3.04. The number of carboxylic acid groups (broad SMARTS) is 1. The van der Waals surface area contributed by atoms with E-state index in [0.717, 1.165) is 16.8 Å². The van der Waals surface area contributed by atoms with Gasteiger partial charge in [-0.1, -0.05) is 41.9 Å². The quantitative estimate of drug-likeness (QED) is 0.927. The molecule has 1 aliphatic heterocycles. The first-order valence-corrected chi connectivity index (χ1v) is 6.84. The van der Waals surface area contributed by atoms with E-state index in [0.29, 0.717) is 10.7 Å². The van der Waals surface area contributed by atoms with Crippen LogP contribution in [-0.2, 0) is 4.79 Å². The zero-order chi connectivity index (χ0) is 15.0. The van der Waals surface area contributed by atoms with Crippen molar-refractivity contribution in [3.8, 4) is 0 Å². The molecule has 1 aliphatic rings. The average molecular weight is 301 g/mol. The minimum Gasteiger partial charge on any atom is -0.478 e. The van der Waals surface area contributed by atoms with Crippen LogP contribution in [-0.4, -0.2) is 30.0 Å². The number of nitrogens with zero attached hydrogens (tertiary/aromatic N) is 2. The number of halogens is 1. The first kappa shape index (κ1) is 13.6. The summed E-state index contributed by atoms with van der Waals surface area (Å²) < 4.78 is 0. The van der Waals surface area contributed by atoms with Crippen LogP contribution in [0.2, 0.25) is 5.02 Å². The Bertz CT molecular complexity index is 728. The third-order valence-electron chi connectivity index (χ3n) is 3.48. The number of rotatable bonds is 2. The number of benzene rings is 2. The molecule has 0 saturated carbocycles. The van der Waals surface area contributed by atoms with Crippen molar-refractivity contribution in [2.24, 2.45) is 4.99 Å². The van der Waals surface area contributed by atoms with Crippen molar-refractivity contribution in [1.82, 2.24) is 0 Å². The summed E-state index contributed by atoms with van der Waals surface area (Å²) in [5.74, 6) is -0.980. The molecule has 1 unspecified atom stereocenters. The van der Waals surface area contributed by atoms with E-state index in [9.17, 15) is 9.90 Å². The molecule has 4 nitrogen and oxygen atoms in total. The van der Waals surface area contributed by atoms with Crippen LogP contribution in [0.5, 0.6) is 0 Å². The van der Waals surface area contributed by atoms with E-state index in [1.54, 1.807) is 18.0 Å². The zero-order valence-corrected chi connectivity index (χ0v) is 12.1. The largest absolute Gasteiger partial charge is 0.478 e. The van der Waals surface area contributed by atoms with Gasteiger partial charge in [-0.3, -0.25) is 0 Å². The van der Waals surface area contributed by atoms with Crippen LogP contribution < -0.4 is 4.90 Å². The fourth-order valence-corrected chi connectivity index (χ4v) is 2.63. The first-order chi connectivity index (χ1) is 10.1. The Morgan fingerprint density at radius 1 is 1.24 bits per heavy atom. The molecule has 5 heteroatoms. The van der Waals surface area contributed by atoms with Crippen LogP contribution in [0.25, 0.3) is 0 Å². The summed E-state index contributed by atoms with van der Waals surface area (Å²) in [7, 11) is 1.72. The number of hydrogen-bond donors (Lipinski definition) is 1. The molecule has 1 N–H and O–H groups in total. The number of aliphatic imine (C=N–C) groups is 1. The van der Waals surface area contributed by atoms with Crippen LogP contribution in [0.4, 0.5) is 5.69 Å². The van der Waals surface area contributed by atoms with Gasteiger partial charge in [0.15, 0.2) is 0 Å². The lowest BCUT2D eigenvalue weighted by molar-refractivity contribution is -0.138. The standard InChI is InChI=1S/C16H13ClN2O2/c1-19-13-8-7-11(17)9-12(13)14(18-15(19)16(20)21)10-5-3-2-4-6-10/h2-9,15H,1H3,(H,20,21). The summed E-state index contributed by atoms with van der Waals surface area (Å²) in [4.78, 5) is 17.5. The van der Waals surface area contributed by atoms with Crippen LogP contribution >= 0.6 is 11.6 Å². The molecule has 1 heterocycles. The second kappa shape index (κ2) is 5.22. The minimum atomic E-state index is -0.980. The topological polar surface area (TPSA) is 52.9 Å². The molecule has 1 atom stereocenters. The number of hydrogen-bond acceptors (Lipinski definition) is 3. The summed E-state index contributed by atoms with van der Waals surface area (Å²) in [6.45, 7) is 0. The van der Waals surface area contributed by atoms with Crippen molar-refractivity contribution >= 4 is 29.0 Å². The molecule has 106 valence electrons. The average Bonchev–Trinajstić information content (AvgIpc) is 2.48. The van der Waals surface area contributed by atoms with E-state index in [1.807, 2.05) is 42.5 Å². The maximum absolute atomic E-state index is 11.4. The Balaban J connectivity index is 2.23. The second-order valence-corrected chi connectivity index (χ2v) is 5.26. The highest BCUT2D eigenvalue weighted by molar-refractivity contribution is 6.31. The Morgan fingerprint density at radius 3 is 2.62 bits per heavy atom. The molecule has 0 radical (unpaired) electrons. The number of anilines is 1. The van der Waals surface area contributed by atoms with Gasteiger partial charge in [0.1, 0.15) is 0 Å². The van der Waals surface area contributed by atoms with Gasteiger partial charge in [-0.15, -0.1) is 0 Å². The predicted molar refractivity (Wildman–Crippen MR) is 83.4 cm³/mol. The van der Waals surface area contributed by atoms with Crippen molar-refractivity contribution in [1.29, 1.82) is 0 Å². The van der Waals surface area contributed by atoms with Gasteiger partial charge in [0.2, 0.25) is 6.17 Å². The van der Waals surface area contributed by atoms with Crippen molar-refractivity contribution in [2.45, 2.75) is 6.17 Å². The van der Waals surface area contributed by atoms with Gasteiger partial charge in [-0.2, -0.15) is 0 Å². The normalized spacial score (nSPS) is 17.1. The monoisotopic (exact) mass is 300 g/mol. The van der Waals surface area contributed by atoms with Crippen LogP contribution in [0.15, 0.2) is 53.5 Å².